The van der Waals surface area contributed by atoms with E-state index in [1.54, 1.807) is 0 Å². The molecule has 0 heterocycles. The Hall–Kier alpha value is -9.30. The summed E-state index contributed by atoms with van der Waals surface area (Å²) in [6, 6.07) is 99.0. The van der Waals surface area contributed by atoms with E-state index < -0.39 is 10.8 Å². The third kappa shape index (κ3) is 4.87. The molecule has 0 saturated carbocycles. The zero-order valence-electron chi connectivity index (χ0n) is 39.8. The predicted octanol–water partition coefficient (Wildman–Crippen LogP) is 18.5. The molecular weight excluding hydrogens is 879 g/mol. The molecule has 0 aliphatic heterocycles. The summed E-state index contributed by atoms with van der Waals surface area (Å²) in [5.41, 5.74) is 23.9. The van der Waals surface area contributed by atoms with Crippen LogP contribution in [0.5, 0.6) is 0 Å². The maximum Gasteiger partial charge on any atom is 0.0737 e. The van der Waals surface area contributed by atoms with Crippen molar-refractivity contribution in [2.45, 2.75) is 10.8 Å². The van der Waals surface area contributed by atoms with Crippen molar-refractivity contribution in [2.24, 2.45) is 0 Å². The van der Waals surface area contributed by atoms with E-state index in [4.69, 9.17) is 0 Å². The van der Waals surface area contributed by atoms with E-state index in [9.17, 15) is 0 Å². The van der Waals surface area contributed by atoms with Crippen LogP contribution in [-0.2, 0) is 10.8 Å². The lowest BCUT2D eigenvalue weighted by Gasteiger charge is -2.32. The van der Waals surface area contributed by atoms with E-state index in [0.29, 0.717) is 0 Å². The molecule has 0 fully saturated rings. The third-order valence-electron chi connectivity index (χ3n) is 17.4. The summed E-state index contributed by atoms with van der Waals surface area (Å²) in [5.74, 6) is 0. The van der Waals surface area contributed by atoms with E-state index in [0.717, 1.165) is 17.1 Å². The largest absolute Gasteiger partial charge is 0.310 e. The normalized spacial score (nSPS) is 14.2. The van der Waals surface area contributed by atoms with Gasteiger partial charge in [-0.3, -0.25) is 0 Å². The van der Waals surface area contributed by atoms with Gasteiger partial charge in [-0.15, -0.1) is 0 Å². The molecule has 0 unspecified atom stereocenters. The predicted molar refractivity (Wildman–Crippen MR) is 304 cm³/mol. The molecule has 13 aromatic rings. The number of rotatable bonds is 3. The molecule has 13 aromatic carbocycles. The number of fused-ring (bicyclic) bond motifs is 27. The van der Waals surface area contributed by atoms with Crippen LogP contribution in [0, 0.1) is 0 Å². The summed E-state index contributed by atoms with van der Waals surface area (Å²) in [7, 11) is 0. The highest BCUT2D eigenvalue weighted by molar-refractivity contribution is 6.11. The second-order valence-electron chi connectivity index (χ2n) is 20.6. The molecule has 2 spiro atoms. The lowest BCUT2D eigenvalue weighted by atomic mass is 9.68. The van der Waals surface area contributed by atoms with Crippen molar-refractivity contribution in [3.8, 4) is 44.5 Å². The molecule has 4 aliphatic carbocycles. The van der Waals surface area contributed by atoms with E-state index in [-0.39, 0.29) is 0 Å². The molecule has 1 heteroatoms. The van der Waals surface area contributed by atoms with Gasteiger partial charge in [0.2, 0.25) is 0 Å². The Bertz CT molecular complexity index is 4460. The lowest BCUT2D eigenvalue weighted by molar-refractivity contribution is 0.802. The third-order valence-corrected chi connectivity index (χ3v) is 17.4. The Morgan fingerprint density at radius 3 is 1.19 bits per heavy atom. The van der Waals surface area contributed by atoms with E-state index in [2.05, 4.69) is 266 Å². The Labute approximate surface area is 423 Å². The number of nitrogens with zero attached hydrogens (tertiary/aromatic N) is 1. The van der Waals surface area contributed by atoms with Crippen LogP contribution in [0.3, 0.4) is 0 Å². The van der Waals surface area contributed by atoms with Crippen molar-refractivity contribution >= 4 is 60.2 Å². The van der Waals surface area contributed by atoms with Crippen LogP contribution in [0.15, 0.2) is 261 Å². The second-order valence-corrected chi connectivity index (χ2v) is 20.6. The average molecular weight is 922 g/mol. The van der Waals surface area contributed by atoms with Crippen molar-refractivity contribution in [3.05, 3.63) is 305 Å². The number of para-hydroxylation sites is 1. The zero-order valence-corrected chi connectivity index (χ0v) is 39.8. The minimum absolute atomic E-state index is 0.468. The molecule has 17 rings (SSSR count). The first kappa shape index (κ1) is 39.4. The fourth-order valence-electron chi connectivity index (χ4n) is 14.7. The van der Waals surface area contributed by atoms with Gasteiger partial charge in [0.05, 0.1) is 10.8 Å². The number of hydrogen-bond acceptors (Lipinski definition) is 1. The monoisotopic (exact) mass is 921 g/mol. The van der Waals surface area contributed by atoms with E-state index in [1.807, 2.05) is 0 Å². The van der Waals surface area contributed by atoms with Gasteiger partial charge < -0.3 is 4.90 Å². The molecule has 4 aliphatic rings. The number of benzene rings is 13. The summed E-state index contributed by atoms with van der Waals surface area (Å²) in [5, 5.41) is 10.1. The number of anilines is 3. The van der Waals surface area contributed by atoms with Gasteiger partial charge in [0.1, 0.15) is 0 Å². The topological polar surface area (TPSA) is 3.24 Å². The van der Waals surface area contributed by atoms with Crippen LogP contribution in [0.25, 0.3) is 87.6 Å². The van der Waals surface area contributed by atoms with Crippen molar-refractivity contribution in [3.63, 3.8) is 0 Å². The van der Waals surface area contributed by atoms with Crippen LogP contribution in [0.2, 0.25) is 0 Å². The molecule has 0 bridgehead atoms. The van der Waals surface area contributed by atoms with Gasteiger partial charge in [-0.25, -0.2) is 0 Å². The fourth-order valence-corrected chi connectivity index (χ4v) is 14.7. The van der Waals surface area contributed by atoms with Crippen LogP contribution in [0.1, 0.15) is 44.5 Å². The van der Waals surface area contributed by atoms with Gasteiger partial charge in [0, 0.05) is 17.1 Å². The minimum Gasteiger partial charge on any atom is -0.310 e. The van der Waals surface area contributed by atoms with Crippen LogP contribution >= 0.6 is 0 Å². The van der Waals surface area contributed by atoms with Crippen LogP contribution in [-0.4, -0.2) is 0 Å². The Morgan fingerprint density at radius 1 is 0.205 bits per heavy atom. The smallest absolute Gasteiger partial charge is 0.0737 e. The van der Waals surface area contributed by atoms with Crippen LogP contribution < -0.4 is 4.90 Å². The molecule has 0 amide bonds. The molecule has 0 atom stereocenters. The van der Waals surface area contributed by atoms with Gasteiger partial charge in [0.15, 0.2) is 0 Å². The molecule has 73 heavy (non-hydrogen) atoms. The summed E-state index contributed by atoms with van der Waals surface area (Å²) < 4.78 is 0. The maximum absolute atomic E-state index is 2.53. The summed E-state index contributed by atoms with van der Waals surface area (Å²) in [6.45, 7) is 0. The quantitative estimate of drug-likeness (QED) is 0.171. The van der Waals surface area contributed by atoms with E-state index >= 15 is 0 Å². The van der Waals surface area contributed by atoms with Crippen molar-refractivity contribution < 1.29 is 0 Å². The summed E-state index contributed by atoms with van der Waals surface area (Å²) >= 11 is 0. The standard InChI is InChI=1S/C72H43N/c1-2-18-49(19-3-1)73(50-34-30-46-42-62-61-37-32-44-16-4-6-20-52(44)68(61)71(67(62)43-48(46)41-50)63-26-12-8-22-55(63)56-23-9-13-27-64(56)71)51-35-39-54-47(40-51)33-38-60-59-36-31-45-17-5-7-21-53(45)69(59)72(70(54)60)65-28-14-10-24-57(65)58-25-11-15-29-66(58)72/h1-43H. The Kier molecular flexibility index (Phi) is 7.66. The Balaban J connectivity index is 0.888. The summed E-state index contributed by atoms with van der Waals surface area (Å²) in [4.78, 5) is 2.45. The highest BCUT2D eigenvalue weighted by Gasteiger charge is 2.54. The molecule has 0 N–H and O–H groups in total. The lowest BCUT2D eigenvalue weighted by Crippen LogP contribution is -2.26. The number of hydrogen-bond donors (Lipinski definition) is 0. The summed E-state index contributed by atoms with van der Waals surface area (Å²) in [6.07, 6.45) is 0. The molecule has 0 aromatic heterocycles. The first-order valence-corrected chi connectivity index (χ1v) is 25.7. The maximum atomic E-state index is 2.53. The van der Waals surface area contributed by atoms with Crippen LogP contribution in [0.4, 0.5) is 17.1 Å². The van der Waals surface area contributed by atoms with E-state index in [1.165, 1.54) is 132 Å². The fraction of sp³-hybridized carbons (Fsp3) is 0.0278. The minimum atomic E-state index is -0.485. The van der Waals surface area contributed by atoms with Gasteiger partial charge >= 0.3 is 0 Å². The van der Waals surface area contributed by atoms with Crippen molar-refractivity contribution in [2.75, 3.05) is 4.90 Å². The SMILES string of the molecule is c1ccc(N(c2ccc3cc4c(cc3c2)C2(c3ccccc3-c3ccccc32)c2c-4ccc3ccccc23)c2ccc3c4c(ccc3c2)-c2ccc3ccccc3c2C42c3ccccc3-c3ccccc32)cc1. The van der Waals surface area contributed by atoms with Crippen molar-refractivity contribution in [1.82, 2.24) is 0 Å². The first-order chi connectivity index (χ1) is 36.2. The molecule has 1 nitrogen and oxygen atoms in total. The highest BCUT2D eigenvalue weighted by atomic mass is 15.1. The van der Waals surface area contributed by atoms with Gasteiger partial charge in [0.25, 0.3) is 0 Å². The molecule has 336 valence electrons. The van der Waals surface area contributed by atoms with Gasteiger partial charge in [-0.05, 0) is 181 Å². The zero-order chi connectivity index (χ0) is 47.6. The molecule has 0 radical (unpaired) electrons. The van der Waals surface area contributed by atoms with Crippen molar-refractivity contribution in [1.29, 1.82) is 0 Å². The van der Waals surface area contributed by atoms with Gasteiger partial charge in [-0.1, -0.05) is 212 Å². The highest BCUT2D eigenvalue weighted by Crippen LogP contribution is 2.67. The molecular formula is C72H43N. The first-order valence-electron chi connectivity index (χ1n) is 25.7. The Morgan fingerprint density at radius 2 is 0.616 bits per heavy atom. The van der Waals surface area contributed by atoms with Gasteiger partial charge in [-0.2, -0.15) is 0 Å². The molecule has 0 saturated heterocycles. The average Bonchev–Trinajstić information content (AvgIpc) is 4.19. The second kappa shape index (κ2) is 14.2.